The zero-order valence-electron chi connectivity index (χ0n) is 14.6. The lowest BCUT2D eigenvalue weighted by Crippen LogP contribution is -2.36. The molecule has 0 aliphatic carbocycles. The molecule has 9 heteroatoms. The third kappa shape index (κ3) is 3.86. The molecule has 1 aromatic carbocycles. The summed E-state index contributed by atoms with van der Waals surface area (Å²) in [5.41, 5.74) is 6.40. The SMILES string of the molecule is COc1ccc(/C=C/c2cn([C@@H]3O[C@H](CO)[C@@H](O)[C@H]3O)c(=O)nc2N)cc1. The highest BCUT2D eigenvalue weighted by Crippen LogP contribution is 2.28. The number of nitrogens with two attached hydrogens (primary N) is 1. The van der Waals surface area contributed by atoms with Crippen LogP contribution < -0.4 is 16.2 Å². The molecule has 4 atom stereocenters. The molecule has 0 amide bonds. The highest BCUT2D eigenvalue weighted by molar-refractivity contribution is 5.73. The quantitative estimate of drug-likeness (QED) is 0.554. The van der Waals surface area contributed by atoms with E-state index in [-0.39, 0.29) is 5.82 Å². The van der Waals surface area contributed by atoms with Gasteiger partial charge in [-0.2, -0.15) is 4.98 Å². The van der Waals surface area contributed by atoms with E-state index in [2.05, 4.69) is 4.98 Å². The largest absolute Gasteiger partial charge is 0.497 e. The monoisotopic (exact) mass is 375 g/mol. The Kier molecular flexibility index (Phi) is 5.57. The number of aliphatic hydroxyl groups excluding tert-OH is 3. The van der Waals surface area contributed by atoms with Gasteiger partial charge in [-0.05, 0) is 23.8 Å². The number of aliphatic hydroxyl groups is 3. The summed E-state index contributed by atoms with van der Waals surface area (Å²) >= 11 is 0. The second-order valence-electron chi connectivity index (χ2n) is 6.11. The number of rotatable bonds is 5. The van der Waals surface area contributed by atoms with Crippen LogP contribution in [0.4, 0.5) is 5.82 Å². The Morgan fingerprint density at radius 2 is 1.96 bits per heavy atom. The van der Waals surface area contributed by atoms with Crippen LogP contribution in [0.5, 0.6) is 5.75 Å². The average Bonchev–Trinajstić information content (AvgIpc) is 2.96. The third-order valence-corrected chi connectivity index (χ3v) is 4.37. The summed E-state index contributed by atoms with van der Waals surface area (Å²) in [6, 6.07) is 7.31. The van der Waals surface area contributed by atoms with Crippen molar-refractivity contribution in [2.75, 3.05) is 19.5 Å². The molecule has 2 aromatic rings. The molecular formula is C18H21N3O6. The number of aromatic nitrogens is 2. The van der Waals surface area contributed by atoms with Crippen LogP contribution in [0, 0.1) is 0 Å². The molecular weight excluding hydrogens is 354 g/mol. The molecule has 0 saturated carbocycles. The Hall–Kier alpha value is -2.72. The van der Waals surface area contributed by atoms with Crippen molar-refractivity contribution in [3.63, 3.8) is 0 Å². The minimum absolute atomic E-state index is 0.0211. The first kappa shape index (κ1) is 19.1. The fraction of sp³-hybridized carbons (Fsp3) is 0.333. The van der Waals surface area contributed by atoms with Crippen LogP contribution in [-0.2, 0) is 4.74 Å². The Balaban J connectivity index is 1.90. The maximum absolute atomic E-state index is 12.2. The topological polar surface area (TPSA) is 140 Å². The summed E-state index contributed by atoms with van der Waals surface area (Å²) in [7, 11) is 1.58. The second kappa shape index (κ2) is 7.89. The van der Waals surface area contributed by atoms with Gasteiger partial charge in [0.1, 0.15) is 29.9 Å². The smallest absolute Gasteiger partial charge is 0.351 e. The first-order chi connectivity index (χ1) is 12.9. The normalized spacial score (nSPS) is 25.2. The minimum Gasteiger partial charge on any atom is -0.497 e. The molecule has 1 saturated heterocycles. The molecule has 5 N–H and O–H groups in total. The highest BCUT2D eigenvalue weighted by Gasteiger charge is 2.43. The number of benzene rings is 1. The van der Waals surface area contributed by atoms with Gasteiger partial charge in [0.2, 0.25) is 0 Å². The molecule has 0 spiro atoms. The summed E-state index contributed by atoms with van der Waals surface area (Å²) in [4.78, 5) is 15.9. The van der Waals surface area contributed by atoms with Gasteiger partial charge in [-0.3, -0.25) is 4.57 Å². The number of hydrogen-bond donors (Lipinski definition) is 4. The molecule has 144 valence electrons. The highest BCUT2D eigenvalue weighted by atomic mass is 16.6. The maximum Gasteiger partial charge on any atom is 0.351 e. The van der Waals surface area contributed by atoms with Crippen molar-refractivity contribution in [2.45, 2.75) is 24.5 Å². The molecule has 0 bridgehead atoms. The van der Waals surface area contributed by atoms with Crippen molar-refractivity contribution in [1.29, 1.82) is 0 Å². The number of anilines is 1. The van der Waals surface area contributed by atoms with Crippen molar-refractivity contribution in [3.8, 4) is 5.75 Å². The van der Waals surface area contributed by atoms with E-state index in [1.54, 1.807) is 31.4 Å². The summed E-state index contributed by atoms with van der Waals surface area (Å²) in [6.07, 6.45) is -0.0317. The number of nitrogens with zero attached hydrogens (tertiary/aromatic N) is 2. The van der Waals surface area contributed by atoms with Gasteiger partial charge in [-0.25, -0.2) is 4.79 Å². The van der Waals surface area contributed by atoms with Crippen molar-refractivity contribution in [2.24, 2.45) is 0 Å². The van der Waals surface area contributed by atoms with Gasteiger partial charge in [0, 0.05) is 11.8 Å². The lowest BCUT2D eigenvalue weighted by Gasteiger charge is -2.18. The number of hydrogen-bond acceptors (Lipinski definition) is 8. The molecule has 1 fully saturated rings. The Bertz CT molecular complexity index is 880. The number of ether oxygens (including phenoxy) is 2. The summed E-state index contributed by atoms with van der Waals surface area (Å²) in [5, 5.41) is 29.2. The van der Waals surface area contributed by atoms with Crippen LogP contribution in [0.1, 0.15) is 17.4 Å². The molecule has 0 unspecified atom stereocenters. The Morgan fingerprint density at radius 1 is 1.26 bits per heavy atom. The molecule has 3 rings (SSSR count). The summed E-state index contributed by atoms with van der Waals surface area (Å²) < 4.78 is 11.5. The first-order valence-electron chi connectivity index (χ1n) is 8.28. The first-order valence-corrected chi connectivity index (χ1v) is 8.28. The van der Waals surface area contributed by atoms with Gasteiger partial charge in [-0.1, -0.05) is 18.2 Å². The lowest BCUT2D eigenvalue weighted by molar-refractivity contribution is -0.0549. The van der Waals surface area contributed by atoms with E-state index in [9.17, 15) is 20.1 Å². The zero-order chi connectivity index (χ0) is 19.6. The van der Waals surface area contributed by atoms with E-state index in [0.29, 0.717) is 5.56 Å². The van der Waals surface area contributed by atoms with Crippen LogP contribution in [0.15, 0.2) is 35.3 Å². The standard InChI is InChI=1S/C18H21N3O6/c1-26-12-6-3-10(4-7-12)2-5-11-8-21(18(25)20-16(11)19)17-15(24)14(23)13(9-22)27-17/h2-8,13-15,17,22-24H,9H2,1H3,(H2,19,20,25)/b5-2+/t13-,14-,15-,17-/m1/s1. The van der Waals surface area contributed by atoms with Crippen molar-refractivity contribution in [3.05, 3.63) is 52.1 Å². The fourth-order valence-electron chi connectivity index (χ4n) is 2.82. The van der Waals surface area contributed by atoms with Crippen LogP contribution in [-0.4, -0.2) is 56.9 Å². The Morgan fingerprint density at radius 3 is 2.56 bits per heavy atom. The number of nitrogen functional groups attached to an aromatic ring is 1. The van der Waals surface area contributed by atoms with Crippen LogP contribution in [0.3, 0.4) is 0 Å². The van der Waals surface area contributed by atoms with E-state index >= 15 is 0 Å². The molecule has 0 radical (unpaired) electrons. The van der Waals surface area contributed by atoms with Gasteiger partial charge in [0.15, 0.2) is 6.23 Å². The zero-order valence-corrected chi connectivity index (χ0v) is 14.6. The maximum atomic E-state index is 12.2. The van der Waals surface area contributed by atoms with E-state index in [1.807, 2.05) is 12.1 Å². The summed E-state index contributed by atoms with van der Waals surface area (Å²) in [6.45, 7) is -0.490. The third-order valence-electron chi connectivity index (χ3n) is 4.37. The fourth-order valence-corrected chi connectivity index (χ4v) is 2.82. The molecule has 27 heavy (non-hydrogen) atoms. The average molecular weight is 375 g/mol. The van der Waals surface area contributed by atoms with E-state index < -0.39 is 36.8 Å². The predicted octanol–water partition coefficient (Wildman–Crippen LogP) is -0.384. The van der Waals surface area contributed by atoms with Crippen LogP contribution in [0.2, 0.25) is 0 Å². The van der Waals surface area contributed by atoms with Gasteiger partial charge in [-0.15, -0.1) is 0 Å². The molecule has 9 nitrogen and oxygen atoms in total. The predicted molar refractivity (Wildman–Crippen MR) is 97.8 cm³/mol. The molecule has 2 heterocycles. The number of methoxy groups -OCH3 is 1. The van der Waals surface area contributed by atoms with Gasteiger partial charge in [0.25, 0.3) is 0 Å². The second-order valence-corrected chi connectivity index (χ2v) is 6.11. The summed E-state index contributed by atoms with van der Waals surface area (Å²) in [5.74, 6) is 0.749. The molecule has 1 aliphatic rings. The van der Waals surface area contributed by atoms with Gasteiger partial charge in [0.05, 0.1) is 13.7 Å². The van der Waals surface area contributed by atoms with Crippen molar-refractivity contribution >= 4 is 18.0 Å². The van der Waals surface area contributed by atoms with Crippen LogP contribution in [0.25, 0.3) is 12.2 Å². The van der Waals surface area contributed by atoms with Crippen molar-refractivity contribution in [1.82, 2.24) is 9.55 Å². The van der Waals surface area contributed by atoms with Crippen LogP contribution >= 0.6 is 0 Å². The van der Waals surface area contributed by atoms with E-state index in [1.165, 1.54) is 6.20 Å². The van der Waals surface area contributed by atoms with Crippen molar-refractivity contribution < 1.29 is 24.8 Å². The van der Waals surface area contributed by atoms with E-state index in [0.717, 1.165) is 15.9 Å². The minimum atomic E-state index is -1.39. The van der Waals surface area contributed by atoms with Gasteiger partial charge >= 0.3 is 5.69 Å². The van der Waals surface area contributed by atoms with E-state index in [4.69, 9.17) is 15.2 Å². The van der Waals surface area contributed by atoms with Gasteiger partial charge < -0.3 is 30.5 Å². The molecule has 1 aliphatic heterocycles. The molecule has 1 aromatic heterocycles. The lowest BCUT2D eigenvalue weighted by atomic mass is 10.1. The Labute approximate surface area is 154 Å².